The van der Waals surface area contributed by atoms with Crippen molar-refractivity contribution < 1.29 is 13.9 Å². The molecule has 0 aliphatic rings. The second-order valence-corrected chi connectivity index (χ2v) is 4.58. The average Bonchev–Trinajstić information content (AvgIpc) is 2.38. The number of ether oxygens (including phenoxy) is 1. The first-order valence-corrected chi connectivity index (χ1v) is 6.16. The van der Waals surface area contributed by atoms with E-state index in [1.165, 1.54) is 19.2 Å². The Morgan fingerprint density at radius 1 is 1.37 bits per heavy atom. The Morgan fingerprint density at radius 3 is 2.79 bits per heavy atom. The minimum Gasteiger partial charge on any atom is -0.494 e. The Balaban J connectivity index is 2.18. The number of amides is 1. The van der Waals surface area contributed by atoms with Gasteiger partial charge in [0, 0.05) is 16.2 Å². The minimum absolute atomic E-state index is 0.0946. The fourth-order valence-electron chi connectivity index (χ4n) is 1.47. The maximum atomic E-state index is 13.5. The summed E-state index contributed by atoms with van der Waals surface area (Å²) in [7, 11) is 1.36. The van der Waals surface area contributed by atoms with Crippen LogP contribution in [0.15, 0.2) is 41.0 Å². The van der Waals surface area contributed by atoms with E-state index in [1.54, 1.807) is 18.3 Å². The molecule has 0 aliphatic carbocycles. The molecule has 1 heterocycles. The normalized spacial score (nSPS) is 10.1. The van der Waals surface area contributed by atoms with Crippen LogP contribution in [0.1, 0.15) is 10.4 Å². The number of methoxy groups -OCH3 is 1. The standard InChI is InChI=1S/C13H10BrFN2O2/c1-19-11-3-2-8(6-10(11)15)13(18)17-12-7-9(14)4-5-16-12/h2-7H,1H3,(H,16,17,18). The van der Waals surface area contributed by atoms with Gasteiger partial charge in [0.1, 0.15) is 5.82 Å². The molecule has 4 nitrogen and oxygen atoms in total. The zero-order chi connectivity index (χ0) is 13.8. The third kappa shape index (κ3) is 3.29. The number of benzene rings is 1. The Bertz CT molecular complexity index is 619. The number of carbonyl (C=O) groups excluding carboxylic acids is 1. The first-order valence-electron chi connectivity index (χ1n) is 5.36. The highest BCUT2D eigenvalue weighted by atomic mass is 79.9. The van der Waals surface area contributed by atoms with Gasteiger partial charge in [0.05, 0.1) is 7.11 Å². The Morgan fingerprint density at radius 2 is 2.16 bits per heavy atom. The van der Waals surface area contributed by atoms with Crippen molar-refractivity contribution in [2.45, 2.75) is 0 Å². The molecule has 0 unspecified atom stereocenters. The van der Waals surface area contributed by atoms with Crippen LogP contribution in [0.4, 0.5) is 10.2 Å². The molecule has 0 radical (unpaired) electrons. The number of anilines is 1. The minimum atomic E-state index is -0.586. The molecule has 1 aromatic heterocycles. The molecule has 0 saturated heterocycles. The maximum absolute atomic E-state index is 13.5. The van der Waals surface area contributed by atoms with E-state index in [2.05, 4.69) is 26.2 Å². The molecule has 1 amide bonds. The zero-order valence-electron chi connectivity index (χ0n) is 9.98. The van der Waals surface area contributed by atoms with Gasteiger partial charge in [-0.1, -0.05) is 15.9 Å². The van der Waals surface area contributed by atoms with Crippen molar-refractivity contribution in [3.8, 4) is 5.75 Å². The zero-order valence-corrected chi connectivity index (χ0v) is 11.6. The molecule has 98 valence electrons. The summed E-state index contributed by atoms with van der Waals surface area (Å²) in [6.45, 7) is 0. The van der Waals surface area contributed by atoms with Crippen molar-refractivity contribution in [2.75, 3.05) is 12.4 Å². The summed E-state index contributed by atoms with van der Waals surface area (Å²) >= 11 is 3.27. The Labute approximate surface area is 117 Å². The van der Waals surface area contributed by atoms with Gasteiger partial charge in [-0.2, -0.15) is 0 Å². The lowest BCUT2D eigenvalue weighted by molar-refractivity contribution is 0.102. The van der Waals surface area contributed by atoms with Gasteiger partial charge < -0.3 is 10.1 Å². The lowest BCUT2D eigenvalue weighted by Gasteiger charge is -2.06. The van der Waals surface area contributed by atoms with E-state index in [4.69, 9.17) is 4.74 Å². The second kappa shape index (κ2) is 5.79. The summed E-state index contributed by atoms with van der Waals surface area (Å²) in [5, 5.41) is 2.58. The average molecular weight is 325 g/mol. The van der Waals surface area contributed by atoms with Crippen molar-refractivity contribution in [1.29, 1.82) is 0 Å². The molecule has 0 aliphatic heterocycles. The molecule has 0 spiro atoms. The van der Waals surface area contributed by atoms with Gasteiger partial charge in [-0.15, -0.1) is 0 Å². The number of pyridine rings is 1. The largest absolute Gasteiger partial charge is 0.494 e. The first kappa shape index (κ1) is 13.5. The molecule has 0 atom stereocenters. The van der Waals surface area contributed by atoms with E-state index in [-0.39, 0.29) is 11.3 Å². The molecule has 0 fully saturated rings. The molecule has 1 N–H and O–H groups in total. The molecule has 0 bridgehead atoms. The number of hydrogen-bond acceptors (Lipinski definition) is 3. The van der Waals surface area contributed by atoms with Crippen LogP contribution in [0.5, 0.6) is 5.75 Å². The Hall–Kier alpha value is -1.95. The van der Waals surface area contributed by atoms with E-state index in [1.807, 2.05) is 0 Å². The van der Waals surface area contributed by atoms with E-state index in [0.29, 0.717) is 5.82 Å². The third-order valence-electron chi connectivity index (χ3n) is 2.38. The number of hydrogen-bond donors (Lipinski definition) is 1. The maximum Gasteiger partial charge on any atom is 0.256 e. The van der Waals surface area contributed by atoms with Crippen molar-refractivity contribution in [1.82, 2.24) is 4.98 Å². The van der Waals surface area contributed by atoms with Crippen molar-refractivity contribution in [2.24, 2.45) is 0 Å². The summed E-state index contributed by atoms with van der Waals surface area (Å²) in [5.41, 5.74) is 0.195. The fourth-order valence-corrected chi connectivity index (χ4v) is 1.80. The van der Waals surface area contributed by atoms with Crippen molar-refractivity contribution in [3.63, 3.8) is 0 Å². The van der Waals surface area contributed by atoms with Crippen LogP contribution >= 0.6 is 15.9 Å². The molecule has 0 saturated carbocycles. The monoisotopic (exact) mass is 324 g/mol. The second-order valence-electron chi connectivity index (χ2n) is 3.66. The van der Waals surface area contributed by atoms with Crippen LogP contribution in [-0.2, 0) is 0 Å². The lowest BCUT2D eigenvalue weighted by Crippen LogP contribution is -2.13. The Kier molecular flexibility index (Phi) is 4.11. The summed E-state index contributed by atoms with van der Waals surface area (Å²) in [4.78, 5) is 15.9. The van der Waals surface area contributed by atoms with Crippen LogP contribution < -0.4 is 10.1 Å². The first-order chi connectivity index (χ1) is 9.10. The fraction of sp³-hybridized carbons (Fsp3) is 0.0769. The quantitative estimate of drug-likeness (QED) is 0.942. The van der Waals surface area contributed by atoms with Crippen LogP contribution in [0, 0.1) is 5.82 Å². The predicted octanol–water partition coefficient (Wildman–Crippen LogP) is 3.24. The van der Waals surface area contributed by atoms with Crippen LogP contribution in [-0.4, -0.2) is 18.0 Å². The van der Waals surface area contributed by atoms with Gasteiger partial charge in [-0.05, 0) is 30.3 Å². The van der Waals surface area contributed by atoms with Crippen LogP contribution in [0.3, 0.4) is 0 Å². The molecule has 2 rings (SSSR count). The molecule has 19 heavy (non-hydrogen) atoms. The molecular weight excluding hydrogens is 315 g/mol. The van der Waals surface area contributed by atoms with Crippen LogP contribution in [0.2, 0.25) is 0 Å². The topological polar surface area (TPSA) is 51.2 Å². The predicted molar refractivity (Wildman–Crippen MR) is 72.8 cm³/mol. The van der Waals surface area contributed by atoms with Gasteiger partial charge in [0.25, 0.3) is 5.91 Å². The smallest absolute Gasteiger partial charge is 0.256 e. The molecule has 1 aromatic carbocycles. The highest BCUT2D eigenvalue weighted by Crippen LogP contribution is 2.19. The third-order valence-corrected chi connectivity index (χ3v) is 2.87. The number of carbonyl (C=O) groups is 1. The van der Waals surface area contributed by atoms with Gasteiger partial charge in [-0.3, -0.25) is 4.79 Å². The molecular formula is C13H10BrFN2O2. The van der Waals surface area contributed by atoms with Crippen molar-refractivity contribution in [3.05, 3.63) is 52.4 Å². The highest BCUT2D eigenvalue weighted by molar-refractivity contribution is 9.10. The van der Waals surface area contributed by atoms with Gasteiger partial charge in [-0.25, -0.2) is 9.37 Å². The van der Waals surface area contributed by atoms with E-state index in [0.717, 1.165) is 10.5 Å². The van der Waals surface area contributed by atoms with Crippen molar-refractivity contribution >= 4 is 27.7 Å². The number of nitrogens with zero attached hydrogens (tertiary/aromatic N) is 1. The summed E-state index contributed by atoms with van der Waals surface area (Å²) in [5.74, 6) is -0.544. The summed E-state index contributed by atoms with van der Waals surface area (Å²) in [6.07, 6.45) is 1.55. The number of rotatable bonds is 3. The van der Waals surface area contributed by atoms with Gasteiger partial charge >= 0.3 is 0 Å². The number of aromatic nitrogens is 1. The van der Waals surface area contributed by atoms with E-state index in [9.17, 15) is 9.18 Å². The summed E-state index contributed by atoms with van der Waals surface area (Å²) < 4.78 is 19.1. The molecule has 2 aromatic rings. The molecule has 6 heteroatoms. The van der Waals surface area contributed by atoms with E-state index >= 15 is 0 Å². The number of halogens is 2. The van der Waals surface area contributed by atoms with Gasteiger partial charge in [0.2, 0.25) is 0 Å². The van der Waals surface area contributed by atoms with E-state index < -0.39 is 11.7 Å². The number of nitrogens with one attached hydrogen (secondary N) is 1. The SMILES string of the molecule is COc1ccc(C(=O)Nc2cc(Br)ccn2)cc1F. The summed E-state index contributed by atoms with van der Waals surface area (Å²) in [6, 6.07) is 7.39. The highest BCUT2D eigenvalue weighted by Gasteiger charge is 2.10. The van der Waals surface area contributed by atoms with Crippen LogP contribution in [0.25, 0.3) is 0 Å². The lowest BCUT2D eigenvalue weighted by atomic mass is 10.2. The van der Waals surface area contributed by atoms with Gasteiger partial charge in [0.15, 0.2) is 11.6 Å².